The first-order valence-corrected chi connectivity index (χ1v) is 8.40. The molecule has 7 heteroatoms. The van der Waals surface area contributed by atoms with Crippen molar-refractivity contribution >= 4 is 11.0 Å². The molecule has 2 aromatic rings. The van der Waals surface area contributed by atoms with Gasteiger partial charge in [0.05, 0.1) is 23.3 Å². The van der Waals surface area contributed by atoms with Crippen LogP contribution in [-0.4, -0.2) is 49.2 Å². The van der Waals surface area contributed by atoms with Gasteiger partial charge in [-0.25, -0.2) is 14.4 Å². The Balaban J connectivity index is 1.85. The highest BCUT2D eigenvalue weighted by Crippen LogP contribution is 2.43. The molecule has 2 aromatic heterocycles. The number of fused-ring (bicyclic) bond motifs is 1. The third-order valence-electron chi connectivity index (χ3n) is 4.94. The van der Waals surface area contributed by atoms with Gasteiger partial charge in [-0.05, 0) is 26.7 Å². The number of hydrogen-bond donors (Lipinski definition) is 2. The van der Waals surface area contributed by atoms with Crippen molar-refractivity contribution in [3.05, 3.63) is 23.8 Å². The van der Waals surface area contributed by atoms with Gasteiger partial charge in [0.15, 0.2) is 11.9 Å². The molecule has 2 N–H and O–H groups in total. The van der Waals surface area contributed by atoms with Crippen molar-refractivity contribution in [2.45, 2.75) is 50.8 Å². The Morgan fingerprint density at radius 3 is 2.84 bits per heavy atom. The van der Waals surface area contributed by atoms with Crippen LogP contribution in [0.2, 0.25) is 0 Å². The van der Waals surface area contributed by atoms with E-state index in [1.807, 2.05) is 6.92 Å². The van der Waals surface area contributed by atoms with Gasteiger partial charge in [0.2, 0.25) is 0 Å². The average molecular weight is 345 g/mol. The van der Waals surface area contributed by atoms with Crippen LogP contribution < -0.4 is 0 Å². The molecule has 132 valence electrons. The summed E-state index contributed by atoms with van der Waals surface area (Å²) >= 11 is 0. The van der Waals surface area contributed by atoms with Crippen LogP contribution in [0, 0.1) is 24.7 Å². The largest absolute Gasteiger partial charge is 0.394 e. The lowest BCUT2D eigenvalue weighted by molar-refractivity contribution is -0.0564. The average Bonchev–Trinajstić information content (AvgIpc) is 3.29. The summed E-state index contributed by atoms with van der Waals surface area (Å²) in [4.78, 5) is 8.50. The number of halogens is 1. The molecule has 1 saturated carbocycles. The maximum absolute atomic E-state index is 15.2. The van der Waals surface area contributed by atoms with Crippen molar-refractivity contribution in [1.29, 1.82) is 0 Å². The van der Waals surface area contributed by atoms with Crippen molar-refractivity contribution in [1.82, 2.24) is 14.5 Å². The van der Waals surface area contributed by atoms with E-state index in [2.05, 4.69) is 21.8 Å². The number of hydrogen-bond acceptors (Lipinski definition) is 5. The molecule has 4 rings (SSSR count). The van der Waals surface area contributed by atoms with E-state index >= 15 is 4.39 Å². The zero-order valence-corrected chi connectivity index (χ0v) is 14.1. The van der Waals surface area contributed by atoms with Crippen LogP contribution in [0.1, 0.15) is 37.3 Å². The Kier molecular flexibility index (Phi) is 3.80. The minimum absolute atomic E-state index is 0.429. The van der Waals surface area contributed by atoms with E-state index in [-0.39, 0.29) is 0 Å². The van der Waals surface area contributed by atoms with Gasteiger partial charge >= 0.3 is 0 Å². The highest BCUT2D eigenvalue weighted by Gasteiger charge is 2.55. The van der Waals surface area contributed by atoms with E-state index in [4.69, 9.17) is 4.74 Å². The fraction of sp³-hybridized carbons (Fsp3) is 0.556. The van der Waals surface area contributed by atoms with Crippen LogP contribution in [0.3, 0.4) is 0 Å². The molecule has 1 aliphatic carbocycles. The summed E-state index contributed by atoms with van der Waals surface area (Å²) < 4.78 is 22.3. The smallest absolute Gasteiger partial charge is 0.181 e. The summed E-state index contributed by atoms with van der Waals surface area (Å²) in [5.41, 5.74) is -0.0883. The summed E-state index contributed by atoms with van der Waals surface area (Å²) in [6.45, 7) is 2.67. The molecule has 0 radical (unpaired) electrons. The van der Waals surface area contributed by atoms with Gasteiger partial charge in [0, 0.05) is 12.1 Å². The Labute approximate surface area is 144 Å². The lowest BCUT2D eigenvalue weighted by atomic mass is 9.98. The van der Waals surface area contributed by atoms with E-state index in [1.54, 1.807) is 10.8 Å². The van der Waals surface area contributed by atoms with Crippen molar-refractivity contribution in [2.24, 2.45) is 5.92 Å². The summed E-state index contributed by atoms with van der Waals surface area (Å²) in [6.07, 6.45) is 1.82. The van der Waals surface area contributed by atoms with Crippen molar-refractivity contribution < 1.29 is 19.3 Å². The molecule has 0 amide bonds. The van der Waals surface area contributed by atoms with Gasteiger partial charge in [-0.15, -0.1) is 0 Å². The van der Waals surface area contributed by atoms with Crippen molar-refractivity contribution in [2.75, 3.05) is 6.61 Å². The second-order valence-corrected chi connectivity index (χ2v) is 6.96. The molecule has 2 aliphatic rings. The highest BCUT2D eigenvalue weighted by atomic mass is 19.1. The summed E-state index contributed by atoms with van der Waals surface area (Å²) in [5.74, 6) is 6.79. The fourth-order valence-corrected chi connectivity index (χ4v) is 3.28. The summed E-state index contributed by atoms with van der Waals surface area (Å²) in [7, 11) is 0. The number of aliphatic hydroxyl groups excluding tert-OH is 2. The minimum Gasteiger partial charge on any atom is -0.394 e. The topological polar surface area (TPSA) is 80.4 Å². The molecule has 2 fully saturated rings. The van der Waals surface area contributed by atoms with Crippen molar-refractivity contribution in [3.63, 3.8) is 0 Å². The zero-order chi connectivity index (χ0) is 17.8. The molecule has 4 atom stereocenters. The number of aromatic nitrogens is 3. The Morgan fingerprint density at radius 2 is 2.20 bits per heavy atom. The van der Waals surface area contributed by atoms with E-state index < -0.39 is 30.7 Å². The molecular weight excluding hydrogens is 325 g/mol. The molecule has 0 bridgehead atoms. The number of aliphatic hydroxyl groups is 2. The van der Waals surface area contributed by atoms with Crippen LogP contribution in [0.5, 0.6) is 0 Å². The van der Waals surface area contributed by atoms with Crippen LogP contribution >= 0.6 is 0 Å². The van der Waals surface area contributed by atoms with Crippen LogP contribution in [0.4, 0.5) is 4.39 Å². The van der Waals surface area contributed by atoms with Gasteiger partial charge in [-0.2, -0.15) is 0 Å². The lowest BCUT2D eigenvalue weighted by Crippen LogP contribution is -2.40. The molecule has 0 unspecified atom stereocenters. The first kappa shape index (κ1) is 16.5. The minimum atomic E-state index is -2.07. The van der Waals surface area contributed by atoms with E-state index in [9.17, 15) is 10.2 Å². The molecule has 25 heavy (non-hydrogen) atoms. The van der Waals surface area contributed by atoms with Crippen LogP contribution in [0.15, 0.2) is 12.5 Å². The highest BCUT2D eigenvalue weighted by molar-refractivity contribution is 5.86. The maximum Gasteiger partial charge on any atom is 0.181 e. The predicted molar refractivity (Wildman–Crippen MR) is 88.4 cm³/mol. The van der Waals surface area contributed by atoms with Gasteiger partial charge in [-0.3, -0.25) is 0 Å². The van der Waals surface area contributed by atoms with Crippen LogP contribution in [0.25, 0.3) is 11.0 Å². The first-order chi connectivity index (χ1) is 11.9. The molecular formula is C18H20FN3O3. The first-order valence-electron chi connectivity index (χ1n) is 8.40. The van der Waals surface area contributed by atoms with Gasteiger partial charge in [0.1, 0.15) is 24.2 Å². The summed E-state index contributed by atoms with van der Waals surface area (Å²) in [5, 5.41) is 20.2. The fourth-order valence-electron chi connectivity index (χ4n) is 3.28. The summed E-state index contributed by atoms with van der Waals surface area (Å²) in [6, 6.07) is 0. The standard InChI is InChI=1S/C18H20FN3O3/c1-10-14-12(6-5-11-3-4-11)7-22(16(14)21-9-20-10)17-18(2,19)15(24)13(8-23)25-17/h7,9,11,13,15,17,23-24H,3-4,8H2,1-2H3/t13-,15-,17-,18-/m1/s1. The Hall–Kier alpha value is -2.01. The lowest BCUT2D eigenvalue weighted by Gasteiger charge is -2.25. The number of ether oxygens (including phenoxy) is 1. The van der Waals surface area contributed by atoms with Gasteiger partial charge in [-0.1, -0.05) is 11.8 Å². The normalized spacial score (nSPS) is 32.0. The Bertz CT molecular complexity index is 879. The number of nitrogens with zero attached hydrogens (tertiary/aromatic N) is 3. The monoisotopic (exact) mass is 345 g/mol. The predicted octanol–water partition coefficient (Wildman–Crippen LogP) is 1.48. The van der Waals surface area contributed by atoms with E-state index in [0.29, 0.717) is 11.6 Å². The number of aryl methyl sites for hydroxylation is 1. The molecule has 3 heterocycles. The van der Waals surface area contributed by atoms with E-state index in [0.717, 1.165) is 29.5 Å². The maximum atomic E-state index is 15.2. The van der Waals surface area contributed by atoms with Gasteiger partial charge in [0.25, 0.3) is 0 Å². The SMILES string of the molecule is Cc1ncnc2c1c(C#CC1CC1)cn2[C@@H]1O[C@H](CO)[C@@H](O)[C@@]1(C)F. The molecule has 0 spiro atoms. The quantitative estimate of drug-likeness (QED) is 0.806. The number of alkyl halides is 1. The van der Waals surface area contributed by atoms with Crippen LogP contribution in [-0.2, 0) is 4.74 Å². The molecule has 0 aromatic carbocycles. The van der Waals surface area contributed by atoms with Gasteiger partial charge < -0.3 is 19.5 Å². The third kappa shape index (κ3) is 2.61. The second kappa shape index (κ2) is 5.77. The Morgan fingerprint density at radius 1 is 1.44 bits per heavy atom. The third-order valence-corrected chi connectivity index (χ3v) is 4.94. The zero-order valence-electron chi connectivity index (χ0n) is 14.1. The molecule has 1 saturated heterocycles. The number of rotatable bonds is 2. The van der Waals surface area contributed by atoms with Crippen molar-refractivity contribution in [3.8, 4) is 11.8 Å². The molecule has 6 nitrogen and oxygen atoms in total. The molecule has 1 aliphatic heterocycles. The van der Waals surface area contributed by atoms with E-state index in [1.165, 1.54) is 13.3 Å². The second-order valence-electron chi connectivity index (χ2n) is 6.96.